The highest BCUT2D eigenvalue weighted by atomic mass is 32.2. The van der Waals surface area contributed by atoms with E-state index in [1.54, 1.807) is 41.7 Å². The van der Waals surface area contributed by atoms with E-state index in [4.69, 9.17) is 33.4 Å². The first-order valence-electron chi connectivity index (χ1n) is 19.9. The third-order valence-electron chi connectivity index (χ3n) is 10.0. The van der Waals surface area contributed by atoms with Gasteiger partial charge in [0, 0.05) is 54.1 Å². The molecule has 6 rings (SSSR count). The minimum absolute atomic E-state index is 0.000122. The molecule has 5 heterocycles. The Morgan fingerprint density at radius 2 is 1.63 bits per heavy atom. The molecule has 0 radical (unpaired) electrons. The highest BCUT2D eigenvalue weighted by molar-refractivity contribution is 7.99. The number of aryl methyl sites for hydroxylation is 1. The van der Waals surface area contributed by atoms with Crippen molar-refractivity contribution in [3.05, 3.63) is 93.5 Å². The van der Waals surface area contributed by atoms with Crippen LogP contribution in [0.25, 0.3) is 22.3 Å². The fraction of sp³-hybridized carbons (Fsp3) is 0.465. The van der Waals surface area contributed by atoms with Gasteiger partial charge in [-0.05, 0) is 60.9 Å². The number of carbonyl (C=O) groups excluding carboxylic acids is 4. The van der Waals surface area contributed by atoms with E-state index in [0.29, 0.717) is 70.2 Å². The Labute approximate surface area is 346 Å². The summed E-state index contributed by atoms with van der Waals surface area (Å²) in [6.45, 7) is 3.26. The minimum atomic E-state index is -1.88. The van der Waals surface area contributed by atoms with Crippen molar-refractivity contribution < 1.29 is 47.6 Å². The molecular formula is C43H50N4O11S. The lowest BCUT2D eigenvalue weighted by atomic mass is 9.85. The number of thioether (sulfide) groups is 1. The molecule has 59 heavy (non-hydrogen) atoms. The van der Waals surface area contributed by atoms with Gasteiger partial charge in [-0.2, -0.15) is 11.8 Å². The van der Waals surface area contributed by atoms with E-state index in [1.807, 2.05) is 42.5 Å². The van der Waals surface area contributed by atoms with Gasteiger partial charge in [-0.25, -0.2) is 9.78 Å². The first kappa shape index (κ1) is 43.6. The molecule has 0 bridgehead atoms. The van der Waals surface area contributed by atoms with Crippen LogP contribution < -0.4 is 10.9 Å². The van der Waals surface area contributed by atoms with E-state index in [9.17, 15) is 24.0 Å². The van der Waals surface area contributed by atoms with Crippen molar-refractivity contribution in [2.45, 2.75) is 57.8 Å². The molecule has 15 nitrogen and oxygen atoms in total. The molecule has 0 aliphatic carbocycles. The number of ether oxygens (including phenoxy) is 6. The molecule has 1 amide bonds. The third kappa shape index (κ3) is 11.6. The topological polar surface area (TPSA) is 183 Å². The third-order valence-corrected chi connectivity index (χ3v) is 11.0. The monoisotopic (exact) mass is 830 g/mol. The number of esters is 2. The molecule has 4 aromatic rings. The number of para-hydroxylation sites is 1. The van der Waals surface area contributed by atoms with Crippen molar-refractivity contribution in [3.8, 4) is 11.4 Å². The summed E-state index contributed by atoms with van der Waals surface area (Å²) in [5, 5.41) is 3.39. The van der Waals surface area contributed by atoms with Crippen molar-refractivity contribution >= 4 is 46.3 Å². The number of aromatic nitrogens is 3. The van der Waals surface area contributed by atoms with Gasteiger partial charge in [-0.15, -0.1) is 0 Å². The molecular weight excluding hydrogens is 781 g/mol. The predicted molar refractivity (Wildman–Crippen MR) is 219 cm³/mol. The van der Waals surface area contributed by atoms with Gasteiger partial charge in [0.2, 0.25) is 11.5 Å². The van der Waals surface area contributed by atoms with E-state index >= 15 is 0 Å². The maximum atomic E-state index is 13.7. The zero-order valence-electron chi connectivity index (χ0n) is 33.2. The molecule has 314 valence electrons. The SMILES string of the molecule is CC[C@@]1(OC(=O)CNC(=O)COCCOCCOCCOCCCC(=O)CCSCCc2ccncc2)C(=O)OCc2c1cc1n(c2=O)Cc2cc3ccccc3nc2-1. The first-order valence-corrected chi connectivity index (χ1v) is 21.1. The number of rotatable bonds is 25. The van der Waals surface area contributed by atoms with Gasteiger partial charge in [0.15, 0.2) is 0 Å². The number of hydrogen-bond donors (Lipinski definition) is 1. The van der Waals surface area contributed by atoms with Gasteiger partial charge < -0.3 is 38.3 Å². The number of carbonyl (C=O) groups is 4. The second-order valence-electron chi connectivity index (χ2n) is 14.0. The molecule has 0 unspecified atom stereocenters. The Morgan fingerprint density at radius 1 is 0.898 bits per heavy atom. The zero-order chi connectivity index (χ0) is 41.5. The molecule has 1 aromatic carbocycles. The maximum absolute atomic E-state index is 13.7. The Balaban J connectivity index is 0.809. The largest absolute Gasteiger partial charge is 0.457 e. The molecule has 0 spiro atoms. The van der Waals surface area contributed by atoms with Crippen LogP contribution in [0.5, 0.6) is 0 Å². The average molecular weight is 831 g/mol. The van der Waals surface area contributed by atoms with Crippen molar-refractivity contribution in [1.82, 2.24) is 19.9 Å². The van der Waals surface area contributed by atoms with E-state index in [2.05, 4.69) is 10.3 Å². The summed E-state index contributed by atoms with van der Waals surface area (Å²) in [7, 11) is 0. The second-order valence-corrected chi connectivity index (χ2v) is 15.2. The fourth-order valence-electron chi connectivity index (χ4n) is 6.88. The molecule has 0 fully saturated rings. The Morgan fingerprint density at radius 3 is 2.39 bits per heavy atom. The van der Waals surface area contributed by atoms with Crippen LogP contribution >= 0.6 is 11.8 Å². The van der Waals surface area contributed by atoms with Crippen LogP contribution in [-0.2, 0) is 72.8 Å². The highest BCUT2D eigenvalue weighted by Crippen LogP contribution is 2.41. The van der Waals surface area contributed by atoms with Crippen molar-refractivity contribution in [1.29, 1.82) is 0 Å². The summed E-state index contributed by atoms with van der Waals surface area (Å²) in [6.07, 6.45) is 6.35. The Kier molecular flexibility index (Phi) is 16.1. The number of fused-ring (bicyclic) bond motifs is 5. The van der Waals surface area contributed by atoms with Crippen molar-refractivity contribution in [2.75, 3.05) is 70.9 Å². The van der Waals surface area contributed by atoms with Crippen LogP contribution in [0.4, 0.5) is 0 Å². The molecule has 2 aliphatic rings. The van der Waals surface area contributed by atoms with Gasteiger partial charge in [-0.3, -0.25) is 24.2 Å². The molecule has 16 heteroatoms. The van der Waals surface area contributed by atoms with E-state index < -0.39 is 30.0 Å². The lowest BCUT2D eigenvalue weighted by Crippen LogP contribution is -2.48. The summed E-state index contributed by atoms with van der Waals surface area (Å²) >= 11 is 1.79. The summed E-state index contributed by atoms with van der Waals surface area (Å²) in [5.41, 5.74) is 2.29. The number of nitrogens with one attached hydrogen (secondary N) is 1. The van der Waals surface area contributed by atoms with Gasteiger partial charge in [-0.1, -0.05) is 25.1 Å². The Bertz CT molecular complexity index is 2150. The molecule has 1 atom stereocenters. The molecule has 0 saturated carbocycles. The van der Waals surface area contributed by atoms with Gasteiger partial charge in [0.1, 0.15) is 25.5 Å². The first-order chi connectivity index (χ1) is 28.8. The van der Waals surface area contributed by atoms with Crippen LogP contribution in [-0.4, -0.2) is 109 Å². The molecule has 2 aliphatic heterocycles. The normalized spacial score (nSPS) is 15.3. The van der Waals surface area contributed by atoms with Crippen LogP contribution in [0.15, 0.2) is 65.7 Å². The van der Waals surface area contributed by atoms with E-state index in [1.165, 1.54) is 5.56 Å². The van der Waals surface area contributed by atoms with Crippen molar-refractivity contribution in [2.24, 2.45) is 0 Å². The fourth-order valence-corrected chi connectivity index (χ4v) is 7.84. The predicted octanol–water partition coefficient (Wildman–Crippen LogP) is 3.92. The molecule has 1 N–H and O–H groups in total. The van der Waals surface area contributed by atoms with Crippen molar-refractivity contribution in [3.63, 3.8) is 0 Å². The number of benzene rings is 1. The lowest BCUT2D eigenvalue weighted by Gasteiger charge is -2.35. The van der Waals surface area contributed by atoms with E-state index in [-0.39, 0.29) is 55.3 Å². The summed E-state index contributed by atoms with van der Waals surface area (Å²) in [4.78, 5) is 73.4. The van der Waals surface area contributed by atoms with E-state index in [0.717, 1.165) is 34.4 Å². The van der Waals surface area contributed by atoms with Gasteiger partial charge in [0.05, 0.1) is 68.7 Å². The van der Waals surface area contributed by atoms with Crippen LogP contribution in [0.3, 0.4) is 0 Å². The highest BCUT2D eigenvalue weighted by Gasteiger charge is 2.50. The Hall–Kier alpha value is -5.00. The number of cyclic esters (lactones) is 1. The standard InChI is InChI=1S/C43H50N4O11S/c1-2-43(35-25-37-40-32(24-31-6-3-4-8-36(31)46-40)27-47(37)41(51)34(35)28-57-42(43)52)58-39(50)26-45-38(49)29-56-21-20-55-19-18-54-17-16-53-15-5-7-33(48)12-23-59-22-11-30-9-13-44-14-10-30/h3-4,6,8-10,13-14,24-25H,2,5,7,11-12,15-23,26-29H2,1H3,(H,45,49)/t43-/m0/s1. The summed E-state index contributed by atoms with van der Waals surface area (Å²) in [5.74, 6) is -0.163. The number of pyridine rings is 3. The van der Waals surface area contributed by atoms with Crippen LogP contribution in [0.2, 0.25) is 0 Å². The van der Waals surface area contributed by atoms with Crippen LogP contribution in [0, 0.1) is 0 Å². The average Bonchev–Trinajstić information content (AvgIpc) is 3.61. The van der Waals surface area contributed by atoms with Gasteiger partial charge in [0.25, 0.3) is 5.56 Å². The summed E-state index contributed by atoms with van der Waals surface area (Å²) < 4.78 is 34.6. The number of Topliss-reactive ketones (excluding diaryl/α,β-unsaturated/α-hetero) is 1. The number of hydrogen-bond acceptors (Lipinski definition) is 14. The zero-order valence-corrected chi connectivity index (χ0v) is 34.1. The molecule has 0 saturated heterocycles. The van der Waals surface area contributed by atoms with Crippen LogP contribution in [0.1, 0.15) is 54.9 Å². The quantitative estimate of drug-likeness (QED) is 0.0660. The smallest absolute Gasteiger partial charge is 0.355 e. The van der Waals surface area contributed by atoms with Gasteiger partial charge >= 0.3 is 11.9 Å². The number of ketones is 1. The molecule has 3 aromatic heterocycles. The number of amides is 1. The minimum Gasteiger partial charge on any atom is -0.457 e. The number of nitrogens with zero attached hydrogens (tertiary/aromatic N) is 3. The second kappa shape index (κ2) is 21.8. The summed E-state index contributed by atoms with van der Waals surface area (Å²) in [6, 6.07) is 15.4. The maximum Gasteiger partial charge on any atom is 0.355 e. The lowest BCUT2D eigenvalue weighted by molar-refractivity contribution is -0.189.